The standard InChI is InChI=1S/C59H38N4O2/c1-2-12-40(13-3-1)59(49-17-7-4-16-48(49)57-50(59)31-33-56-58(57)65-55-21-11-10-20-54(55)64-56)41-22-24-42(25-23-41)62(45-30-32-51(61-38-45)39-34-36-60-37-35-39)43-26-28-44(29-27-43)63-52-18-8-5-14-46(52)47-15-6-9-19-53(47)63/h1-38H. The van der Waals surface area contributed by atoms with Gasteiger partial charge in [-0.3, -0.25) is 9.97 Å². The predicted octanol–water partition coefficient (Wildman–Crippen LogP) is 15.0. The highest BCUT2D eigenvalue weighted by Gasteiger charge is 2.48. The Morgan fingerprint density at radius 3 is 1.75 bits per heavy atom. The summed E-state index contributed by atoms with van der Waals surface area (Å²) in [5.41, 5.74) is 14.5. The Morgan fingerprint density at radius 1 is 0.446 bits per heavy atom. The lowest BCUT2D eigenvalue weighted by molar-refractivity contribution is 0.360. The maximum Gasteiger partial charge on any atom is 0.178 e. The lowest BCUT2D eigenvalue weighted by Crippen LogP contribution is -2.28. The summed E-state index contributed by atoms with van der Waals surface area (Å²) in [6.07, 6.45) is 5.56. The van der Waals surface area contributed by atoms with E-state index < -0.39 is 5.41 Å². The number of aromatic nitrogens is 3. The van der Waals surface area contributed by atoms with Crippen LogP contribution in [0.5, 0.6) is 23.0 Å². The van der Waals surface area contributed by atoms with Crippen molar-refractivity contribution in [3.63, 3.8) is 0 Å². The van der Waals surface area contributed by atoms with E-state index >= 15 is 0 Å². The molecule has 0 saturated carbocycles. The molecule has 0 amide bonds. The van der Waals surface area contributed by atoms with Crippen LogP contribution in [-0.2, 0) is 5.41 Å². The topological polar surface area (TPSA) is 52.4 Å². The summed E-state index contributed by atoms with van der Waals surface area (Å²) in [4.78, 5) is 11.5. The van der Waals surface area contributed by atoms with Crippen LogP contribution in [-0.4, -0.2) is 14.5 Å². The third-order valence-corrected chi connectivity index (χ3v) is 13.1. The lowest BCUT2D eigenvalue weighted by atomic mass is 9.67. The molecule has 6 nitrogen and oxygen atoms in total. The fraction of sp³-hybridized carbons (Fsp3) is 0.0169. The first-order valence-electron chi connectivity index (χ1n) is 21.9. The molecule has 0 N–H and O–H groups in total. The van der Waals surface area contributed by atoms with Crippen molar-refractivity contribution in [3.8, 4) is 51.1 Å². The minimum absolute atomic E-state index is 0.649. The van der Waals surface area contributed by atoms with Crippen LogP contribution in [0.4, 0.5) is 17.1 Å². The van der Waals surface area contributed by atoms with Crippen molar-refractivity contribution >= 4 is 38.9 Å². The van der Waals surface area contributed by atoms with Gasteiger partial charge in [0.1, 0.15) is 0 Å². The minimum atomic E-state index is -0.649. The van der Waals surface area contributed by atoms with Crippen molar-refractivity contribution in [2.45, 2.75) is 5.41 Å². The molecule has 3 aromatic heterocycles. The maximum atomic E-state index is 6.76. The van der Waals surface area contributed by atoms with Crippen LogP contribution in [0.2, 0.25) is 0 Å². The number of hydrogen-bond acceptors (Lipinski definition) is 5. The first-order chi connectivity index (χ1) is 32.2. The van der Waals surface area contributed by atoms with Gasteiger partial charge >= 0.3 is 0 Å². The molecule has 2 aliphatic rings. The lowest BCUT2D eigenvalue weighted by Gasteiger charge is -2.35. The van der Waals surface area contributed by atoms with Crippen LogP contribution >= 0.6 is 0 Å². The second-order valence-electron chi connectivity index (χ2n) is 16.5. The molecule has 6 heteroatoms. The largest absolute Gasteiger partial charge is 0.449 e. The van der Waals surface area contributed by atoms with Gasteiger partial charge in [0.05, 0.1) is 34.0 Å². The monoisotopic (exact) mass is 834 g/mol. The second-order valence-corrected chi connectivity index (χ2v) is 16.5. The molecule has 1 aliphatic heterocycles. The fourth-order valence-electron chi connectivity index (χ4n) is 10.3. The van der Waals surface area contributed by atoms with Gasteiger partial charge in [0.15, 0.2) is 23.0 Å². The fourth-order valence-corrected chi connectivity index (χ4v) is 10.3. The molecule has 4 heterocycles. The van der Waals surface area contributed by atoms with Gasteiger partial charge < -0.3 is 18.9 Å². The average molecular weight is 835 g/mol. The average Bonchev–Trinajstić information content (AvgIpc) is 3.88. The molecule has 0 spiro atoms. The number of fused-ring (bicyclic) bond motifs is 9. The van der Waals surface area contributed by atoms with Crippen molar-refractivity contribution < 1.29 is 9.47 Å². The highest BCUT2D eigenvalue weighted by atomic mass is 16.6. The van der Waals surface area contributed by atoms with Crippen molar-refractivity contribution in [1.29, 1.82) is 0 Å². The van der Waals surface area contributed by atoms with Crippen molar-refractivity contribution in [3.05, 3.63) is 253 Å². The van der Waals surface area contributed by atoms with E-state index in [1.807, 2.05) is 42.6 Å². The molecule has 0 fully saturated rings. The quantitative estimate of drug-likeness (QED) is 0.160. The molecule has 1 unspecified atom stereocenters. The van der Waals surface area contributed by atoms with Crippen LogP contribution in [0, 0.1) is 0 Å². The summed E-state index contributed by atoms with van der Waals surface area (Å²) in [7, 11) is 0. The molecule has 8 aromatic carbocycles. The van der Waals surface area contributed by atoms with Gasteiger partial charge in [-0.2, -0.15) is 0 Å². The van der Waals surface area contributed by atoms with Crippen LogP contribution in [0.15, 0.2) is 231 Å². The Bertz CT molecular complexity index is 3530. The van der Waals surface area contributed by atoms with Gasteiger partial charge in [0.25, 0.3) is 0 Å². The highest BCUT2D eigenvalue weighted by molar-refractivity contribution is 6.09. The van der Waals surface area contributed by atoms with Crippen LogP contribution in [0.1, 0.15) is 22.3 Å². The van der Waals surface area contributed by atoms with E-state index in [0.717, 1.165) is 62.0 Å². The molecule has 13 rings (SSSR count). The second kappa shape index (κ2) is 14.7. The van der Waals surface area contributed by atoms with Crippen molar-refractivity contribution in [1.82, 2.24) is 14.5 Å². The van der Waals surface area contributed by atoms with E-state index in [1.165, 1.54) is 32.9 Å². The molecule has 1 aliphatic carbocycles. The van der Waals surface area contributed by atoms with E-state index in [9.17, 15) is 0 Å². The molecule has 65 heavy (non-hydrogen) atoms. The van der Waals surface area contributed by atoms with E-state index in [0.29, 0.717) is 17.2 Å². The Balaban J connectivity index is 0.964. The third-order valence-electron chi connectivity index (χ3n) is 13.1. The zero-order chi connectivity index (χ0) is 42.9. The number of nitrogens with zero attached hydrogens (tertiary/aromatic N) is 4. The van der Waals surface area contributed by atoms with E-state index in [1.54, 1.807) is 12.4 Å². The van der Waals surface area contributed by atoms with Gasteiger partial charge in [-0.1, -0.05) is 121 Å². The number of ether oxygens (including phenoxy) is 2. The Morgan fingerprint density at radius 2 is 1.05 bits per heavy atom. The maximum absolute atomic E-state index is 6.76. The molecule has 0 bridgehead atoms. The SMILES string of the molecule is c1ccc(C2(c3ccc(N(c4ccc(-n5c6ccccc6c6ccccc65)cc4)c4ccc(-c5ccncc5)nc4)cc3)c3ccccc3-c3c2ccc2c3Oc3ccccc3O2)cc1. The zero-order valence-electron chi connectivity index (χ0n) is 35.0. The summed E-state index contributed by atoms with van der Waals surface area (Å²) in [6, 6.07) is 75.1. The number of para-hydroxylation sites is 4. The van der Waals surface area contributed by atoms with Gasteiger partial charge in [-0.25, -0.2) is 0 Å². The molecular formula is C59H38N4O2. The van der Waals surface area contributed by atoms with Gasteiger partial charge in [-0.15, -0.1) is 0 Å². The van der Waals surface area contributed by atoms with E-state index in [2.05, 4.69) is 190 Å². The summed E-state index contributed by atoms with van der Waals surface area (Å²) < 4.78 is 15.6. The summed E-state index contributed by atoms with van der Waals surface area (Å²) in [5.74, 6) is 2.87. The van der Waals surface area contributed by atoms with Gasteiger partial charge in [0.2, 0.25) is 0 Å². The number of anilines is 3. The first-order valence-corrected chi connectivity index (χ1v) is 21.9. The van der Waals surface area contributed by atoms with Crippen molar-refractivity contribution in [2.24, 2.45) is 0 Å². The van der Waals surface area contributed by atoms with Crippen LogP contribution in [0.25, 0.3) is 49.9 Å². The molecule has 11 aromatic rings. The minimum Gasteiger partial charge on any atom is -0.449 e. The number of benzene rings is 8. The molecule has 0 saturated heterocycles. The van der Waals surface area contributed by atoms with Gasteiger partial charge in [0, 0.05) is 51.4 Å². The van der Waals surface area contributed by atoms with Crippen LogP contribution in [0.3, 0.4) is 0 Å². The third kappa shape index (κ3) is 5.67. The molecule has 306 valence electrons. The first kappa shape index (κ1) is 36.9. The van der Waals surface area contributed by atoms with E-state index in [4.69, 9.17) is 14.5 Å². The van der Waals surface area contributed by atoms with E-state index in [-0.39, 0.29) is 0 Å². The summed E-state index contributed by atoms with van der Waals surface area (Å²) in [5, 5.41) is 2.47. The Kier molecular flexibility index (Phi) is 8.33. The summed E-state index contributed by atoms with van der Waals surface area (Å²) >= 11 is 0. The zero-order valence-corrected chi connectivity index (χ0v) is 35.0. The number of rotatable bonds is 7. The van der Waals surface area contributed by atoms with Crippen LogP contribution < -0.4 is 14.4 Å². The summed E-state index contributed by atoms with van der Waals surface area (Å²) in [6.45, 7) is 0. The normalized spacial score (nSPS) is 14.5. The Labute approximate surface area is 375 Å². The molecule has 0 radical (unpaired) electrons. The Hall–Kier alpha value is -8.74. The molecular weight excluding hydrogens is 797 g/mol. The number of pyridine rings is 2. The molecule has 1 atom stereocenters. The number of hydrogen-bond donors (Lipinski definition) is 0. The van der Waals surface area contributed by atoms with Crippen molar-refractivity contribution in [2.75, 3.05) is 4.90 Å². The highest BCUT2D eigenvalue weighted by Crippen LogP contribution is 2.62. The smallest absolute Gasteiger partial charge is 0.178 e. The predicted molar refractivity (Wildman–Crippen MR) is 260 cm³/mol. The van der Waals surface area contributed by atoms with Gasteiger partial charge in [-0.05, 0) is 119 Å².